The van der Waals surface area contributed by atoms with Gasteiger partial charge in [0.25, 0.3) is 0 Å². The average Bonchev–Trinajstić information content (AvgIpc) is 2.56. The number of fused-ring (bicyclic) bond motifs is 1. The Labute approximate surface area is 152 Å². The summed E-state index contributed by atoms with van der Waals surface area (Å²) >= 11 is 0. The lowest BCUT2D eigenvalue weighted by molar-refractivity contribution is -0.141. The molecule has 25 heavy (non-hydrogen) atoms. The van der Waals surface area contributed by atoms with E-state index in [1.54, 1.807) is 0 Å². The summed E-state index contributed by atoms with van der Waals surface area (Å²) in [6.45, 7) is 8.70. The van der Waals surface area contributed by atoms with Crippen LogP contribution in [0.3, 0.4) is 0 Å². The summed E-state index contributed by atoms with van der Waals surface area (Å²) in [4.78, 5) is 23.2. The number of allylic oxidation sites excluding steroid dienone is 2. The van der Waals surface area contributed by atoms with Crippen molar-refractivity contribution in [2.24, 2.45) is 28.6 Å². The van der Waals surface area contributed by atoms with Crippen molar-refractivity contribution in [2.45, 2.75) is 72.3 Å². The van der Waals surface area contributed by atoms with E-state index >= 15 is 0 Å². The van der Waals surface area contributed by atoms with E-state index in [0.717, 1.165) is 44.0 Å². The first kappa shape index (κ1) is 20.2. The number of aldehydes is 1. The molecule has 0 saturated heterocycles. The number of ether oxygens (including phenoxy) is 1. The topological polar surface area (TPSA) is 63.6 Å². The van der Waals surface area contributed by atoms with Crippen molar-refractivity contribution in [1.82, 2.24) is 0 Å². The minimum absolute atomic E-state index is 0.0265. The van der Waals surface area contributed by atoms with Crippen molar-refractivity contribution in [3.8, 4) is 0 Å². The first-order valence-electron chi connectivity index (χ1n) is 9.57. The number of methoxy groups -OCH3 is 1. The van der Waals surface area contributed by atoms with Crippen LogP contribution in [-0.4, -0.2) is 30.6 Å². The Bertz CT molecular complexity index is 536. The van der Waals surface area contributed by atoms with Gasteiger partial charge in [-0.1, -0.05) is 33.8 Å². The molecule has 2 aliphatic rings. The van der Waals surface area contributed by atoms with Crippen LogP contribution < -0.4 is 0 Å². The van der Waals surface area contributed by atoms with Crippen LogP contribution in [-0.2, 0) is 14.3 Å². The molecule has 0 aromatic rings. The largest absolute Gasteiger partial charge is 0.469 e. The summed E-state index contributed by atoms with van der Waals surface area (Å²) in [6, 6.07) is 0. The van der Waals surface area contributed by atoms with Crippen molar-refractivity contribution in [2.75, 3.05) is 7.11 Å². The predicted octanol–water partition coefficient (Wildman–Crippen LogP) is 3.91. The van der Waals surface area contributed by atoms with Gasteiger partial charge in [0, 0.05) is 6.42 Å². The lowest BCUT2D eigenvalue weighted by Gasteiger charge is -2.58. The third kappa shape index (κ3) is 3.84. The fraction of sp³-hybridized carbons (Fsp3) is 0.810. The molecule has 0 radical (unpaired) electrons. The molecular weight excluding hydrogens is 316 g/mol. The molecule has 4 nitrogen and oxygen atoms in total. The Morgan fingerprint density at radius 2 is 2.12 bits per heavy atom. The first-order chi connectivity index (χ1) is 11.7. The van der Waals surface area contributed by atoms with Crippen molar-refractivity contribution < 1.29 is 19.4 Å². The summed E-state index contributed by atoms with van der Waals surface area (Å²) in [7, 11) is 1.42. The minimum atomic E-state index is -0.282. The van der Waals surface area contributed by atoms with Crippen LogP contribution >= 0.6 is 0 Å². The van der Waals surface area contributed by atoms with Gasteiger partial charge in [0.05, 0.1) is 13.2 Å². The molecule has 1 fully saturated rings. The van der Waals surface area contributed by atoms with E-state index in [1.807, 2.05) is 0 Å². The molecule has 0 aromatic heterocycles. The van der Waals surface area contributed by atoms with Gasteiger partial charge in [-0.15, -0.1) is 0 Å². The third-order valence-corrected chi connectivity index (χ3v) is 7.12. The van der Waals surface area contributed by atoms with E-state index in [-0.39, 0.29) is 34.7 Å². The van der Waals surface area contributed by atoms with Gasteiger partial charge in [-0.05, 0) is 66.3 Å². The summed E-state index contributed by atoms with van der Waals surface area (Å²) in [6.07, 6.45) is 7.67. The van der Waals surface area contributed by atoms with Crippen LogP contribution in [0.25, 0.3) is 0 Å². The molecule has 1 saturated carbocycles. The van der Waals surface area contributed by atoms with Crippen LogP contribution in [0.2, 0.25) is 0 Å². The Hall–Kier alpha value is -1.16. The summed E-state index contributed by atoms with van der Waals surface area (Å²) in [5, 5.41) is 10.5. The zero-order valence-electron chi connectivity index (χ0n) is 16.4. The van der Waals surface area contributed by atoms with Crippen LogP contribution in [0.5, 0.6) is 0 Å². The number of rotatable bonds is 6. The number of carbonyl (C=O) groups excluding carboxylic acids is 2. The fourth-order valence-electron chi connectivity index (χ4n) is 5.39. The summed E-state index contributed by atoms with van der Waals surface area (Å²) < 4.78 is 4.77. The number of hydrogen-bond donors (Lipinski definition) is 1. The van der Waals surface area contributed by atoms with Gasteiger partial charge >= 0.3 is 5.97 Å². The van der Waals surface area contributed by atoms with Gasteiger partial charge in [-0.3, -0.25) is 9.59 Å². The number of carbonyl (C=O) groups is 2. The lowest BCUT2D eigenvalue weighted by Crippen LogP contribution is -2.54. The maximum atomic E-state index is 11.7. The fourth-order valence-corrected chi connectivity index (χ4v) is 5.39. The van der Waals surface area contributed by atoms with E-state index in [2.05, 4.69) is 33.8 Å². The van der Waals surface area contributed by atoms with Gasteiger partial charge in [0.1, 0.15) is 6.29 Å². The summed E-state index contributed by atoms with van der Waals surface area (Å²) in [5.74, 6) is 0.642. The van der Waals surface area contributed by atoms with E-state index in [1.165, 1.54) is 7.11 Å². The van der Waals surface area contributed by atoms with Gasteiger partial charge in [0.2, 0.25) is 0 Å². The molecule has 0 unspecified atom stereocenters. The summed E-state index contributed by atoms with van der Waals surface area (Å²) in [5.41, 5.74) is 0.795. The maximum absolute atomic E-state index is 11.7. The second-order valence-corrected chi connectivity index (χ2v) is 9.01. The highest BCUT2D eigenvalue weighted by atomic mass is 16.5. The molecule has 4 heteroatoms. The third-order valence-electron chi connectivity index (χ3n) is 7.12. The van der Waals surface area contributed by atoms with Gasteiger partial charge < -0.3 is 9.84 Å². The van der Waals surface area contributed by atoms with Crippen LogP contribution in [0.4, 0.5) is 0 Å². The zero-order chi connectivity index (χ0) is 18.8. The highest BCUT2D eigenvalue weighted by Crippen LogP contribution is 2.60. The molecule has 1 N–H and O–H groups in total. The monoisotopic (exact) mass is 350 g/mol. The molecule has 0 amide bonds. The maximum Gasteiger partial charge on any atom is 0.305 e. The Balaban J connectivity index is 2.19. The SMILES string of the molecule is COC(=O)C[C@H](C)CC[C@@H]1C(C=O)=CC[C@@H]2C(C)(C)[C@H](O)CC[C@@]12C. The molecule has 2 rings (SSSR count). The number of esters is 1. The highest BCUT2D eigenvalue weighted by molar-refractivity contribution is 5.74. The van der Waals surface area contributed by atoms with E-state index in [4.69, 9.17) is 4.74 Å². The zero-order valence-corrected chi connectivity index (χ0v) is 16.4. The lowest BCUT2D eigenvalue weighted by atomic mass is 9.47. The molecule has 0 aromatic carbocycles. The smallest absolute Gasteiger partial charge is 0.305 e. The standard InChI is InChI=1S/C21H34O4/c1-14(12-19(24)25-5)6-8-16-15(13-22)7-9-17-20(2,3)18(23)10-11-21(16,17)4/h7,13-14,16-18,23H,6,8-12H2,1-5H3/t14-,16-,17-,18-,21+/m1/s1. The molecule has 0 aliphatic heterocycles. The van der Waals surface area contributed by atoms with Gasteiger partial charge in [-0.25, -0.2) is 0 Å². The average molecular weight is 350 g/mol. The Kier molecular flexibility index (Phi) is 6.13. The van der Waals surface area contributed by atoms with Crippen molar-refractivity contribution in [3.63, 3.8) is 0 Å². The van der Waals surface area contributed by atoms with E-state index < -0.39 is 0 Å². The second-order valence-electron chi connectivity index (χ2n) is 9.01. The predicted molar refractivity (Wildman–Crippen MR) is 97.9 cm³/mol. The van der Waals surface area contributed by atoms with Crippen LogP contribution in [0.15, 0.2) is 11.6 Å². The molecule has 142 valence electrons. The van der Waals surface area contributed by atoms with Crippen LogP contribution in [0.1, 0.15) is 66.2 Å². The van der Waals surface area contributed by atoms with Crippen molar-refractivity contribution in [1.29, 1.82) is 0 Å². The highest BCUT2D eigenvalue weighted by Gasteiger charge is 2.55. The minimum Gasteiger partial charge on any atom is -0.469 e. The second kappa shape index (κ2) is 7.61. The molecule has 5 atom stereocenters. The molecule has 2 aliphatic carbocycles. The Morgan fingerprint density at radius 3 is 2.72 bits per heavy atom. The number of aliphatic hydroxyl groups is 1. The van der Waals surface area contributed by atoms with E-state index in [9.17, 15) is 14.7 Å². The number of hydrogen-bond acceptors (Lipinski definition) is 4. The van der Waals surface area contributed by atoms with Crippen LogP contribution in [0, 0.1) is 28.6 Å². The normalized spacial score (nSPS) is 35.3. The van der Waals surface area contributed by atoms with E-state index in [0.29, 0.717) is 12.3 Å². The van der Waals surface area contributed by atoms with Crippen molar-refractivity contribution >= 4 is 12.3 Å². The molecule has 0 spiro atoms. The first-order valence-corrected chi connectivity index (χ1v) is 9.57. The Morgan fingerprint density at radius 1 is 1.44 bits per heavy atom. The molecular formula is C21H34O4. The molecule has 0 bridgehead atoms. The van der Waals surface area contributed by atoms with Gasteiger partial charge in [0.15, 0.2) is 0 Å². The molecule has 0 heterocycles. The van der Waals surface area contributed by atoms with Gasteiger partial charge in [-0.2, -0.15) is 0 Å². The van der Waals surface area contributed by atoms with Crippen molar-refractivity contribution in [3.05, 3.63) is 11.6 Å². The number of aliphatic hydroxyl groups excluding tert-OH is 1. The quantitative estimate of drug-likeness (QED) is 0.582.